The minimum absolute atomic E-state index is 0.00829. The van der Waals surface area contributed by atoms with Crippen LogP contribution in [0.25, 0.3) is 0 Å². The third-order valence-corrected chi connectivity index (χ3v) is 5.19. The molecule has 2 atom stereocenters. The first-order valence-electron chi connectivity index (χ1n) is 8.39. The SMILES string of the molecule is CC[C@H](NC(=O)N1CCC[C@@H](Cc2noc(C)n2)C1)c1nccs1. The number of piperidine rings is 1. The Hall–Kier alpha value is -1.96. The number of nitrogens with one attached hydrogen (secondary N) is 1. The maximum atomic E-state index is 12.6. The van der Waals surface area contributed by atoms with E-state index in [1.807, 2.05) is 10.3 Å². The fraction of sp³-hybridized carbons (Fsp3) is 0.625. The molecule has 2 amide bonds. The summed E-state index contributed by atoms with van der Waals surface area (Å²) in [5.74, 6) is 1.69. The van der Waals surface area contributed by atoms with E-state index in [0.29, 0.717) is 11.8 Å². The lowest BCUT2D eigenvalue weighted by Gasteiger charge is -2.33. The quantitative estimate of drug-likeness (QED) is 0.897. The van der Waals surface area contributed by atoms with Gasteiger partial charge in [0.2, 0.25) is 5.89 Å². The lowest BCUT2D eigenvalue weighted by Crippen LogP contribution is -2.46. The van der Waals surface area contributed by atoms with Crippen molar-refractivity contribution < 1.29 is 9.32 Å². The molecule has 1 fully saturated rings. The summed E-state index contributed by atoms with van der Waals surface area (Å²) in [6.45, 7) is 5.38. The molecule has 1 N–H and O–H groups in total. The first-order valence-corrected chi connectivity index (χ1v) is 9.27. The Bertz CT molecular complexity index is 657. The molecule has 2 aromatic rings. The van der Waals surface area contributed by atoms with Gasteiger partial charge in [0.1, 0.15) is 5.01 Å². The van der Waals surface area contributed by atoms with Gasteiger partial charge in [-0.2, -0.15) is 4.98 Å². The lowest BCUT2D eigenvalue weighted by molar-refractivity contribution is 0.160. The van der Waals surface area contributed by atoms with E-state index in [-0.39, 0.29) is 12.1 Å². The van der Waals surface area contributed by atoms with Gasteiger partial charge >= 0.3 is 6.03 Å². The van der Waals surface area contributed by atoms with Gasteiger partial charge in [-0.3, -0.25) is 0 Å². The number of hydrogen-bond acceptors (Lipinski definition) is 6. The normalized spacial score (nSPS) is 19.2. The van der Waals surface area contributed by atoms with Crippen molar-refractivity contribution in [2.45, 2.75) is 45.6 Å². The summed E-state index contributed by atoms with van der Waals surface area (Å²) in [5, 5.41) is 9.97. The summed E-state index contributed by atoms with van der Waals surface area (Å²) in [4.78, 5) is 23.1. The van der Waals surface area contributed by atoms with Crippen molar-refractivity contribution in [1.82, 2.24) is 25.3 Å². The molecule has 7 nitrogen and oxygen atoms in total. The van der Waals surface area contributed by atoms with Crippen molar-refractivity contribution >= 4 is 17.4 Å². The average Bonchev–Trinajstić information content (AvgIpc) is 3.24. The maximum Gasteiger partial charge on any atom is 0.317 e. The van der Waals surface area contributed by atoms with Crippen molar-refractivity contribution in [3.8, 4) is 0 Å². The predicted octanol–water partition coefficient (Wildman–Crippen LogP) is 2.95. The molecule has 24 heavy (non-hydrogen) atoms. The number of likely N-dealkylation sites (tertiary alicyclic amines) is 1. The predicted molar refractivity (Wildman–Crippen MR) is 90.7 cm³/mol. The van der Waals surface area contributed by atoms with Gasteiger partial charge in [0.25, 0.3) is 0 Å². The van der Waals surface area contributed by atoms with E-state index in [9.17, 15) is 4.79 Å². The summed E-state index contributed by atoms with van der Waals surface area (Å²) in [5.41, 5.74) is 0. The standard InChI is InChI=1S/C16H23N5O2S/c1-3-13(15-17-6-8-24-15)19-16(22)21-7-4-5-12(10-21)9-14-18-11(2)23-20-14/h6,8,12-13H,3-5,7,9-10H2,1-2H3,(H,19,22)/t12-,13-/m0/s1. The van der Waals surface area contributed by atoms with Gasteiger partial charge in [-0.15, -0.1) is 11.3 Å². The molecule has 0 radical (unpaired) electrons. The molecular formula is C16H23N5O2S. The summed E-state index contributed by atoms with van der Waals surface area (Å²) in [6.07, 6.45) is 5.45. The van der Waals surface area contributed by atoms with E-state index >= 15 is 0 Å². The number of amides is 2. The Morgan fingerprint density at radius 3 is 3.12 bits per heavy atom. The van der Waals surface area contributed by atoms with Crippen LogP contribution >= 0.6 is 11.3 Å². The third kappa shape index (κ3) is 4.11. The summed E-state index contributed by atoms with van der Waals surface area (Å²) < 4.78 is 5.03. The van der Waals surface area contributed by atoms with Crippen molar-refractivity contribution in [3.05, 3.63) is 28.3 Å². The molecule has 0 aliphatic carbocycles. The van der Waals surface area contributed by atoms with Crippen LogP contribution in [-0.2, 0) is 6.42 Å². The number of thiazole rings is 1. The molecule has 1 saturated heterocycles. The highest BCUT2D eigenvalue weighted by Gasteiger charge is 2.26. The first kappa shape index (κ1) is 16.9. The summed E-state index contributed by atoms with van der Waals surface area (Å²) in [6, 6.07) is -0.0243. The summed E-state index contributed by atoms with van der Waals surface area (Å²) >= 11 is 1.58. The maximum absolute atomic E-state index is 12.6. The average molecular weight is 349 g/mol. The van der Waals surface area contributed by atoms with Gasteiger partial charge in [-0.05, 0) is 25.2 Å². The number of aromatic nitrogens is 3. The van der Waals surface area contributed by atoms with Gasteiger partial charge in [-0.25, -0.2) is 9.78 Å². The Kier molecular flexibility index (Phi) is 5.44. The van der Waals surface area contributed by atoms with Crippen molar-refractivity contribution in [3.63, 3.8) is 0 Å². The number of aryl methyl sites for hydroxylation is 1. The molecule has 1 aliphatic heterocycles. The van der Waals surface area contributed by atoms with Crippen LogP contribution in [0.4, 0.5) is 4.79 Å². The van der Waals surface area contributed by atoms with E-state index in [1.165, 1.54) is 0 Å². The van der Waals surface area contributed by atoms with Gasteiger partial charge < -0.3 is 14.7 Å². The van der Waals surface area contributed by atoms with Gasteiger partial charge in [0.05, 0.1) is 6.04 Å². The molecule has 0 aromatic carbocycles. The molecule has 0 spiro atoms. The zero-order valence-electron chi connectivity index (χ0n) is 14.1. The summed E-state index contributed by atoms with van der Waals surface area (Å²) in [7, 11) is 0. The number of carbonyl (C=O) groups is 1. The van der Waals surface area contributed by atoms with Crippen LogP contribution in [0, 0.1) is 12.8 Å². The number of urea groups is 1. The van der Waals surface area contributed by atoms with Crippen LogP contribution in [0.1, 0.15) is 49.0 Å². The zero-order chi connectivity index (χ0) is 16.9. The number of hydrogen-bond donors (Lipinski definition) is 1. The van der Waals surface area contributed by atoms with Crippen LogP contribution in [0.2, 0.25) is 0 Å². The van der Waals surface area contributed by atoms with Crippen LogP contribution in [-0.4, -0.2) is 39.1 Å². The minimum Gasteiger partial charge on any atom is -0.340 e. The number of rotatable bonds is 5. The van der Waals surface area contributed by atoms with Gasteiger partial charge in [0.15, 0.2) is 5.82 Å². The Balaban J connectivity index is 1.56. The zero-order valence-corrected chi connectivity index (χ0v) is 14.9. The highest BCUT2D eigenvalue weighted by Crippen LogP contribution is 2.22. The molecule has 3 rings (SSSR count). The highest BCUT2D eigenvalue weighted by molar-refractivity contribution is 7.09. The number of nitrogens with zero attached hydrogens (tertiary/aromatic N) is 4. The molecule has 3 heterocycles. The van der Waals surface area contributed by atoms with Crippen molar-refractivity contribution in [1.29, 1.82) is 0 Å². The Morgan fingerprint density at radius 2 is 2.46 bits per heavy atom. The topological polar surface area (TPSA) is 84.2 Å². The molecule has 0 saturated carbocycles. The first-order chi connectivity index (χ1) is 11.7. The smallest absolute Gasteiger partial charge is 0.317 e. The highest BCUT2D eigenvalue weighted by atomic mass is 32.1. The lowest BCUT2D eigenvalue weighted by atomic mass is 9.95. The fourth-order valence-corrected chi connectivity index (χ4v) is 3.86. The van der Waals surface area contributed by atoms with Crippen LogP contribution in [0.15, 0.2) is 16.1 Å². The Labute approximate surface area is 145 Å². The van der Waals surface area contributed by atoms with Crippen molar-refractivity contribution in [2.75, 3.05) is 13.1 Å². The second-order valence-electron chi connectivity index (χ2n) is 6.17. The van der Waals surface area contributed by atoms with E-state index in [2.05, 4.69) is 27.4 Å². The monoisotopic (exact) mass is 349 g/mol. The van der Waals surface area contributed by atoms with Gasteiger partial charge in [-0.1, -0.05) is 12.1 Å². The Morgan fingerprint density at radius 1 is 1.58 bits per heavy atom. The molecule has 130 valence electrons. The molecule has 0 bridgehead atoms. The second-order valence-corrected chi connectivity index (χ2v) is 7.09. The van der Waals surface area contributed by atoms with E-state index in [0.717, 1.165) is 49.6 Å². The third-order valence-electron chi connectivity index (χ3n) is 4.30. The van der Waals surface area contributed by atoms with Crippen molar-refractivity contribution in [2.24, 2.45) is 5.92 Å². The largest absolute Gasteiger partial charge is 0.340 e. The fourth-order valence-electron chi connectivity index (χ4n) is 3.08. The van der Waals surface area contributed by atoms with E-state index in [4.69, 9.17) is 4.52 Å². The molecule has 1 aliphatic rings. The number of carbonyl (C=O) groups excluding carboxylic acids is 1. The van der Waals surface area contributed by atoms with Crippen LogP contribution in [0.5, 0.6) is 0 Å². The molecular weight excluding hydrogens is 326 g/mol. The molecule has 0 unspecified atom stereocenters. The van der Waals surface area contributed by atoms with Crippen LogP contribution < -0.4 is 5.32 Å². The van der Waals surface area contributed by atoms with E-state index in [1.54, 1.807) is 24.5 Å². The minimum atomic E-state index is -0.0160. The second kappa shape index (κ2) is 7.74. The van der Waals surface area contributed by atoms with Crippen LogP contribution in [0.3, 0.4) is 0 Å². The van der Waals surface area contributed by atoms with Gasteiger partial charge in [0, 0.05) is 38.0 Å². The molecule has 2 aromatic heterocycles. The molecule has 8 heteroatoms. The van der Waals surface area contributed by atoms with E-state index < -0.39 is 0 Å².